The van der Waals surface area contributed by atoms with Crippen LogP contribution in [0.3, 0.4) is 0 Å². The number of piperidine rings is 1. The third-order valence-corrected chi connectivity index (χ3v) is 5.08. The highest BCUT2D eigenvalue weighted by Gasteiger charge is 2.17. The molecule has 136 valence electrons. The first-order chi connectivity index (χ1) is 12.1. The maximum Gasteiger partial charge on any atom is 0.0946 e. The number of imidazole rings is 1. The molecular weight excluding hydrogens is 312 g/mol. The van der Waals surface area contributed by atoms with Gasteiger partial charge in [0.2, 0.25) is 0 Å². The number of benzene rings is 1. The van der Waals surface area contributed by atoms with Gasteiger partial charge in [0.05, 0.1) is 12.4 Å². The average Bonchev–Trinajstić information content (AvgIpc) is 3.13. The molecule has 5 heteroatoms. The van der Waals surface area contributed by atoms with Crippen molar-refractivity contribution in [3.8, 4) is 0 Å². The van der Waals surface area contributed by atoms with Gasteiger partial charge >= 0.3 is 0 Å². The number of hydrogen-bond donors (Lipinski definition) is 2. The predicted molar refractivity (Wildman–Crippen MR) is 102 cm³/mol. The SMILES string of the molecule is CC(CNC(C)c1ccc(N2CCC(O)CC2)cc1)Cn1ccnc1. The van der Waals surface area contributed by atoms with Gasteiger partial charge in [0.25, 0.3) is 0 Å². The van der Waals surface area contributed by atoms with Gasteiger partial charge in [-0.1, -0.05) is 19.1 Å². The average molecular weight is 342 g/mol. The van der Waals surface area contributed by atoms with Crippen LogP contribution in [0.25, 0.3) is 0 Å². The molecule has 1 aromatic carbocycles. The second-order valence-electron chi connectivity index (χ2n) is 7.30. The highest BCUT2D eigenvalue weighted by atomic mass is 16.3. The summed E-state index contributed by atoms with van der Waals surface area (Å²) in [6, 6.07) is 9.19. The van der Waals surface area contributed by atoms with Crippen LogP contribution in [-0.4, -0.2) is 40.4 Å². The van der Waals surface area contributed by atoms with E-state index in [0.29, 0.717) is 12.0 Å². The summed E-state index contributed by atoms with van der Waals surface area (Å²) < 4.78 is 2.13. The first-order valence-corrected chi connectivity index (χ1v) is 9.34. The largest absolute Gasteiger partial charge is 0.393 e. The number of nitrogens with one attached hydrogen (secondary N) is 1. The predicted octanol–water partition coefficient (Wildman–Crippen LogP) is 2.83. The standard InChI is InChI=1S/C20H30N4O/c1-16(14-23-12-9-21-15-23)13-22-17(2)18-3-5-19(6-4-18)24-10-7-20(25)8-11-24/h3-6,9,12,15-17,20,22,25H,7-8,10-11,13-14H2,1-2H3. The number of nitrogens with zero attached hydrogens (tertiary/aromatic N) is 3. The third-order valence-electron chi connectivity index (χ3n) is 5.08. The highest BCUT2D eigenvalue weighted by Crippen LogP contribution is 2.22. The minimum absolute atomic E-state index is 0.121. The molecule has 2 unspecified atom stereocenters. The van der Waals surface area contributed by atoms with Gasteiger partial charge in [0.1, 0.15) is 0 Å². The maximum atomic E-state index is 9.64. The van der Waals surface area contributed by atoms with Crippen LogP contribution < -0.4 is 10.2 Å². The molecule has 2 aromatic rings. The molecule has 2 N–H and O–H groups in total. The number of aliphatic hydroxyl groups is 1. The molecule has 1 aliphatic rings. The Bertz CT molecular complexity index is 618. The van der Waals surface area contributed by atoms with Gasteiger partial charge in [-0.05, 0) is 49.9 Å². The van der Waals surface area contributed by atoms with Crippen molar-refractivity contribution in [2.45, 2.75) is 45.4 Å². The molecule has 0 spiro atoms. The molecule has 2 heterocycles. The fourth-order valence-electron chi connectivity index (χ4n) is 3.41. The molecule has 2 atom stereocenters. The van der Waals surface area contributed by atoms with Crippen LogP contribution >= 0.6 is 0 Å². The van der Waals surface area contributed by atoms with Crippen molar-refractivity contribution in [2.75, 3.05) is 24.5 Å². The van der Waals surface area contributed by atoms with Gasteiger partial charge < -0.3 is 19.9 Å². The minimum atomic E-state index is -0.121. The van der Waals surface area contributed by atoms with Crippen LogP contribution in [0.2, 0.25) is 0 Å². The molecule has 5 nitrogen and oxygen atoms in total. The molecule has 1 fully saturated rings. The van der Waals surface area contributed by atoms with Crippen LogP contribution in [0.15, 0.2) is 43.0 Å². The first-order valence-electron chi connectivity index (χ1n) is 9.34. The molecule has 1 aromatic heterocycles. The summed E-state index contributed by atoms with van der Waals surface area (Å²) in [4.78, 5) is 6.46. The van der Waals surface area contributed by atoms with E-state index in [1.54, 1.807) is 0 Å². The zero-order valence-corrected chi connectivity index (χ0v) is 15.3. The van der Waals surface area contributed by atoms with Crippen LogP contribution in [0, 0.1) is 5.92 Å². The lowest BCUT2D eigenvalue weighted by Gasteiger charge is -2.31. The zero-order valence-electron chi connectivity index (χ0n) is 15.3. The lowest BCUT2D eigenvalue weighted by atomic mass is 10.0. The van der Waals surface area contributed by atoms with Crippen molar-refractivity contribution in [3.05, 3.63) is 48.5 Å². The van der Waals surface area contributed by atoms with Crippen molar-refractivity contribution < 1.29 is 5.11 Å². The molecule has 25 heavy (non-hydrogen) atoms. The minimum Gasteiger partial charge on any atom is -0.393 e. The van der Waals surface area contributed by atoms with E-state index >= 15 is 0 Å². The summed E-state index contributed by atoms with van der Waals surface area (Å²) >= 11 is 0. The van der Waals surface area contributed by atoms with Gasteiger partial charge in [-0.15, -0.1) is 0 Å². The fourth-order valence-corrected chi connectivity index (χ4v) is 3.41. The normalized spacial score (nSPS) is 18.3. The van der Waals surface area contributed by atoms with Crippen LogP contribution in [-0.2, 0) is 6.54 Å². The molecule has 0 amide bonds. The van der Waals surface area contributed by atoms with Crippen molar-refractivity contribution in [1.82, 2.24) is 14.9 Å². The molecule has 3 rings (SSSR count). The van der Waals surface area contributed by atoms with E-state index in [1.165, 1.54) is 11.3 Å². The Balaban J connectivity index is 1.48. The topological polar surface area (TPSA) is 53.3 Å². The number of hydrogen-bond acceptors (Lipinski definition) is 4. The van der Waals surface area contributed by atoms with Crippen LogP contribution in [0.5, 0.6) is 0 Å². The molecule has 1 aliphatic heterocycles. The molecule has 1 saturated heterocycles. The van der Waals surface area contributed by atoms with E-state index in [1.807, 2.05) is 18.7 Å². The highest BCUT2D eigenvalue weighted by molar-refractivity contribution is 5.48. The van der Waals surface area contributed by atoms with Gasteiger partial charge in [-0.3, -0.25) is 0 Å². The van der Waals surface area contributed by atoms with Crippen molar-refractivity contribution in [2.24, 2.45) is 5.92 Å². The number of aromatic nitrogens is 2. The lowest BCUT2D eigenvalue weighted by Crippen LogP contribution is -2.35. The van der Waals surface area contributed by atoms with E-state index in [9.17, 15) is 5.11 Å². The third kappa shape index (κ3) is 5.06. The fraction of sp³-hybridized carbons (Fsp3) is 0.550. The van der Waals surface area contributed by atoms with Gasteiger partial charge in [-0.2, -0.15) is 0 Å². The molecule has 0 radical (unpaired) electrons. The molecule has 0 saturated carbocycles. The summed E-state index contributed by atoms with van der Waals surface area (Å²) in [6.07, 6.45) is 7.33. The lowest BCUT2D eigenvalue weighted by molar-refractivity contribution is 0.145. The van der Waals surface area contributed by atoms with Crippen molar-refractivity contribution >= 4 is 5.69 Å². The second kappa shape index (κ2) is 8.50. The van der Waals surface area contributed by atoms with Gasteiger partial charge in [-0.25, -0.2) is 4.98 Å². The van der Waals surface area contributed by atoms with E-state index in [-0.39, 0.29) is 6.10 Å². The Morgan fingerprint density at radius 2 is 1.92 bits per heavy atom. The summed E-state index contributed by atoms with van der Waals surface area (Å²) in [5, 5.41) is 13.3. The Labute approximate surface area is 150 Å². The first kappa shape index (κ1) is 18.0. The maximum absolute atomic E-state index is 9.64. The summed E-state index contributed by atoms with van der Waals surface area (Å²) in [5.41, 5.74) is 2.58. The molecule has 0 bridgehead atoms. The molecular formula is C20H30N4O. The summed E-state index contributed by atoms with van der Waals surface area (Å²) in [6.45, 7) is 8.33. The Morgan fingerprint density at radius 3 is 2.56 bits per heavy atom. The summed E-state index contributed by atoms with van der Waals surface area (Å²) in [7, 11) is 0. The van der Waals surface area contributed by atoms with Crippen molar-refractivity contribution in [3.63, 3.8) is 0 Å². The summed E-state index contributed by atoms with van der Waals surface area (Å²) in [5.74, 6) is 0.552. The smallest absolute Gasteiger partial charge is 0.0946 e. The zero-order chi connectivity index (χ0) is 17.6. The number of anilines is 1. The van der Waals surface area contributed by atoms with Gasteiger partial charge in [0.15, 0.2) is 0 Å². The van der Waals surface area contributed by atoms with E-state index in [2.05, 4.69) is 57.9 Å². The van der Waals surface area contributed by atoms with Crippen LogP contribution in [0.1, 0.15) is 38.3 Å². The quantitative estimate of drug-likeness (QED) is 0.812. The Morgan fingerprint density at radius 1 is 1.20 bits per heavy atom. The Hall–Kier alpha value is -1.85. The number of rotatable bonds is 7. The Kier molecular flexibility index (Phi) is 6.10. The van der Waals surface area contributed by atoms with E-state index in [0.717, 1.165) is 39.0 Å². The number of aliphatic hydroxyl groups excluding tert-OH is 1. The van der Waals surface area contributed by atoms with Gasteiger partial charge in [0, 0.05) is 43.8 Å². The monoisotopic (exact) mass is 342 g/mol. The second-order valence-corrected chi connectivity index (χ2v) is 7.30. The van der Waals surface area contributed by atoms with Crippen molar-refractivity contribution in [1.29, 1.82) is 0 Å². The molecule has 0 aliphatic carbocycles. The van der Waals surface area contributed by atoms with E-state index in [4.69, 9.17) is 0 Å². The van der Waals surface area contributed by atoms with E-state index < -0.39 is 0 Å². The van der Waals surface area contributed by atoms with Crippen LogP contribution in [0.4, 0.5) is 5.69 Å².